The van der Waals surface area contributed by atoms with Crippen LogP contribution < -0.4 is 5.32 Å². The molecule has 0 aromatic heterocycles. The van der Waals surface area contributed by atoms with Gasteiger partial charge in [-0.3, -0.25) is 0 Å². The van der Waals surface area contributed by atoms with Crippen LogP contribution in [0.1, 0.15) is 20.8 Å². The minimum absolute atomic E-state index is 0.0483. The molecule has 0 saturated heterocycles. The number of aliphatic hydroxyl groups is 1. The lowest BCUT2D eigenvalue weighted by Gasteiger charge is -2.28. The number of hydrogen-bond donors (Lipinski definition) is 2. The highest BCUT2D eigenvalue weighted by atomic mass is 19.2. The predicted octanol–water partition coefficient (Wildman–Crippen LogP) is 2.92. The van der Waals surface area contributed by atoms with E-state index in [-0.39, 0.29) is 18.2 Å². The van der Waals surface area contributed by atoms with Crippen LogP contribution in [0.15, 0.2) is 12.1 Å². The van der Waals surface area contributed by atoms with Gasteiger partial charge in [0.2, 0.25) is 0 Å². The molecule has 1 atom stereocenters. The second kappa shape index (κ2) is 4.96. The van der Waals surface area contributed by atoms with Crippen LogP contribution in [0.5, 0.6) is 0 Å². The summed E-state index contributed by atoms with van der Waals surface area (Å²) in [6.07, 6.45) is 0. The van der Waals surface area contributed by atoms with Crippen molar-refractivity contribution in [2.24, 2.45) is 5.92 Å². The fraction of sp³-hybridized carbons (Fsp3) is 0.500. The summed E-state index contributed by atoms with van der Waals surface area (Å²) < 4.78 is 38.8. The summed E-state index contributed by atoms with van der Waals surface area (Å²) in [7, 11) is 0. The SMILES string of the molecule is CC(C)C(C)(O)CNc1cc(F)c(F)cc1F. The molecule has 0 bridgehead atoms. The number of hydrogen-bond acceptors (Lipinski definition) is 2. The van der Waals surface area contributed by atoms with Crippen molar-refractivity contribution in [1.29, 1.82) is 0 Å². The van der Waals surface area contributed by atoms with Gasteiger partial charge in [0.05, 0.1) is 11.3 Å². The smallest absolute Gasteiger partial charge is 0.161 e. The average molecular weight is 247 g/mol. The van der Waals surface area contributed by atoms with Crippen LogP contribution in [0, 0.1) is 23.4 Å². The monoisotopic (exact) mass is 247 g/mol. The maximum atomic E-state index is 13.3. The van der Waals surface area contributed by atoms with E-state index in [1.807, 2.05) is 13.8 Å². The summed E-state index contributed by atoms with van der Waals surface area (Å²) in [6.45, 7) is 5.25. The summed E-state index contributed by atoms with van der Waals surface area (Å²) in [5.74, 6) is -3.30. The minimum atomic E-state index is -1.23. The zero-order chi connectivity index (χ0) is 13.2. The van der Waals surface area contributed by atoms with Crippen molar-refractivity contribution in [3.63, 3.8) is 0 Å². The van der Waals surface area contributed by atoms with Gasteiger partial charge in [0.25, 0.3) is 0 Å². The van der Waals surface area contributed by atoms with Gasteiger partial charge in [0.15, 0.2) is 11.6 Å². The molecule has 1 unspecified atom stereocenters. The van der Waals surface area contributed by atoms with Crippen LogP contribution in [-0.2, 0) is 0 Å². The molecule has 0 aliphatic carbocycles. The van der Waals surface area contributed by atoms with E-state index >= 15 is 0 Å². The molecule has 0 aliphatic rings. The third-order valence-electron chi connectivity index (χ3n) is 2.89. The second-order valence-electron chi connectivity index (χ2n) is 4.61. The van der Waals surface area contributed by atoms with E-state index in [1.54, 1.807) is 6.92 Å². The van der Waals surface area contributed by atoms with Gasteiger partial charge in [0, 0.05) is 18.7 Å². The number of benzene rings is 1. The Kier molecular flexibility index (Phi) is 4.03. The summed E-state index contributed by atoms with van der Waals surface area (Å²) >= 11 is 0. The molecule has 0 spiro atoms. The van der Waals surface area contributed by atoms with Crippen LogP contribution in [-0.4, -0.2) is 17.3 Å². The van der Waals surface area contributed by atoms with Gasteiger partial charge in [-0.25, -0.2) is 13.2 Å². The minimum Gasteiger partial charge on any atom is -0.388 e. The van der Waals surface area contributed by atoms with E-state index in [9.17, 15) is 18.3 Å². The molecule has 0 amide bonds. The number of halogens is 3. The largest absolute Gasteiger partial charge is 0.388 e. The Morgan fingerprint density at radius 1 is 1.18 bits per heavy atom. The highest BCUT2D eigenvalue weighted by molar-refractivity contribution is 5.45. The Labute approximate surface area is 98.5 Å². The maximum absolute atomic E-state index is 13.3. The lowest BCUT2D eigenvalue weighted by Crippen LogP contribution is -2.38. The molecular weight excluding hydrogens is 231 g/mol. The van der Waals surface area contributed by atoms with Crippen molar-refractivity contribution < 1.29 is 18.3 Å². The van der Waals surface area contributed by atoms with E-state index in [4.69, 9.17) is 0 Å². The van der Waals surface area contributed by atoms with Crippen LogP contribution in [0.3, 0.4) is 0 Å². The predicted molar refractivity (Wildman–Crippen MR) is 60.3 cm³/mol. The standard InChI is InChI=1S/C12H16F3NO/c1-7(2)12(3,17)6-16-11-5-9(14)8(13)4-10(11)15/h4-5,7,16-17H,6H2,1-3H3. The lowest BCUT2D eigenvalue weighted by molar-refractivity contribution is 0.0266. The zero-order valence-corrected chi connectivity index (χ0v) is 10.0. The molecular formula is C12H16F3NO. The zero-order valence-electron chi connectivity index (χ0n) is 10.0. The van der Waals surface area contributed by atoms with Crippen molar-refractivity contribution in [2.75, 3.05) is 11.9 Å². The van der Waals surface area contributed by atoms with Gasteiger partial charge in [-0.2, -0.15) is 0 Å². The average Bonchev–Trinajstić information content (AvgIpc) is 2.21. The molecule has 17 heavy (non-hydrogen) atoms. The van der Waals surface area contributed by atoms with Crippen molar-refractivity contribution >= 4 is 5.69 Å². The molecule has 2 nitrogen and oxygen atoms in total. The third kappa shape index (κ3) is 3.36. The van der Waals surface area contributed by atoms with Crippen LogP contribution in [0.25, 0.3) is 0 Å². The molecule has 96 valence electrons. The fourth-order valence-corrected chi connectivity index (χ4v) is 1.14. The quantitative estimate of drug-likeness (QED) is 0.802. The molecule has 1 rings (SSSR count). The summed E-state index contributed by atoms with van der Waals surface area (Å²) in [4.78, 5) is 0. The van der Waals surface area contributed by atoms with Gasteiger partial charge in [-0.05, 0) is 12.8 Å². The first kappa shape index (κ1) is 13.8. The summed E-state index contributed by atoms with van der Waals surface area (Å²) in [5.41, 5.74) is -1.22. The number of rotatable bonds is 4. The van der Waals surface area contributed by atoms with E-state index < -0.39 is 23.1 Å². The summed E-state index contributed by atoms with van der Waals surface area (Å²) in [6, 6.07) is 1.21. The van der Waals surface area contributed by atoms with Gasteiger partial charge in [0.1, 0.15) is 5.82 Å². The van der Waals surface area contributed by atoms with Crippen LogP contribution in [0.2, 0.25) is 0 Å². The van der Waals surface area contributed by atoms with E-state index in [1.165, 1.54) is 0 Å². The van der Waals surface area contributed by atoms with Crippen molar-refractivity contribution in [2.45, 2.75) is 26.4 Å². The van der Waals surface area contributed by atoms with E-state index in [2.05, 4.69) is 5.32 Å². The van der Waals surface area contributed by atoms with Gasteiger partial charge >= 0.3 is 0 Å². The van der Waals surface area contributed by atoms with Crippen molar-refractivity contribution in [3.05, 3.63) is 29.6 Å². The fourth-order valence-electron chi connectivity index (χ4n) is 1.14. The molecule has 1 aromatic rings. The molecule has 0 fully saturated rings. The van der Waals surface area contributed by atoms with Crippen molar-refractivity contribution in [1.82, 2.24) is 0 Å². The molecule has 1 aromatic carbocycles. The maximum Gasteiger partial charge on any atom is 0.161 e. The van der Waals surface area contributed by atoms with Gasteiger partial charge in [-0.1, -0.05) is 13.8 Å². The molecule has 2 N–H and O–H groups in total. The number of anilines is 1. The van der Waals surface area contributed by atoms with Gasteiger partial charge < -0.3 is 10.4 Å². The van der Waals surface area contributed by atoms with Crippen LogP contribution in [0.4, 0.5) is 18.9 Å². The summed E-state index contributed by atoms with van der Waals surface area (Å²) in [5, 5.41) is 12.5. The first-order valence-electron chi connectivity index (χ1n) is 5.35. The Balaban J connectivity index is 2.80. The van der Waals surface area contributed by atoms with Crippen molar-refractivity contribution in [3.8, 4) is 0 Å². The second-order valence-corrected chi connectivity index (χ2v) is 4.61. The molecule has 0 aliphatic heterocycles. The van der Waals surface area contributed by atoms with E-state index in [0.29, 0.717) is 6.07 Å². The lowest BCUT2D eigenvalue weighted by atomic mass is 9.92. The third-order valence-corrected chi connectivity index (χ3v) is 2.89. The normalized spacial score (nSPS) is 14.8. The highest BCUT2D eigenvalue weighted by Gasteiger charge is 2.25. The highest BCUT2D eigenvalue weighted by Crippen LogP contribution is 2.21. The molecule has 0 heterocycles. The molecule has 0 saturated carbocycles. The number of nitrogens with one attached hydrogen (secondary N) is 1. The first-order chi connectivity index (χ1) is 7.74. The molecule has 0 radical (unpaired) electrons. The first-order valence-corrected chi connectivity index (χ1v) is 5.35. The van der Waals surface area contributed by atoms with Crippen LogP contribution >= 0.6 is 0 Å². The topological polar surface area (TPSA) is 32.3 Å². The Morgan fingerprint density at radius 3 is 2.24 bits per heavy atom. The Bertz CT molecular complexity index is 405. The Hall–Kier alpha value is -1.23. The van der Waals surface area contributed by atoms with Gasteiger partial charge in [-0.15, -0.1) is 0 Å². The Morgan fingerprint density at radius 2 is 1.71 bits per heavy atom. The van der Waals surface area contributed by atoms with E-state index in [0.717, 1.165) is 6.07 Å². The molecule has 5 heteroatoms.